The molecule has 1 aromatic rings. The van der Waals surface area contributed by atoms with Gasteiger partial charge in [-0.3, -0.25) is 0 Å². The SMILES string of the molecule is CC[C@@H]1C[C@H]1c1cccc(C(F)(F)F)c1. The van der Waals surface area contributed by atoms with Crippen LogP contribution in [0.2, 0.25) is 0 Å². The third kappa shape index (κ3) is 2.16. The summed E-state index contributed by atoms with van der Waals surface area (Å²) in [7, 11) is 0. The summed E-state index contributed by atoms with van der Waals surface area (Å²) >= 11 is 0. The Labute approximate surface area is 87.1 Å². The zero-order chi connectivity index (χ0) is 11.1. The monoisotopic (exact) mass is 214 g/mol. The van der Waals surface area contributed by atoms with E-state index in [-0.39, 0.29) is 0 Å². The molecule has 3 heteroatoms. The van der Waals surface area contributed by atoms with Crippen LogP contribution in [0.3, 0.4) is 0 Å². The second kappa shape index (κ2) is 3.54. The van der Waals surface area contributed by atoms with Crippen LogP contribution in [0.1, 0.15) is 36.8 Å². The molecule has 82 valence electrons. The van der Waals surface area contributed by atoms with E-state index in [1.54, 1.807) is 6.07 Å². The van der Waals surface area contributed by atoms with Crippen molar-refractivity contribution in [3.8, 4) is 0 Å². The molecule has 0 radical (unpaired) electrons. The Balaban J connectivity index is 2.21. The molecular formula is C12H13F3. The van der Waals surface area contributed by atoms with Crippen LogP contribution < -0.4 is 0 Å². The number of rotatable bonds is 2. The van der Waals surface area contributed by atoms with Crippen molar-refractivity contribution in [1.29, 1.82) is 0 Å². The first-order valence-electron chi connectivity index (χ1n) is 5.19. The zero-order valence-electron chi connectivity index (χ0n) is 8.51. The van der Waals surface area contributed by atoms with Crippen molar-refractivity contribution in [2.75, 3.05) is 0 Å². The number of hydrogen-bond acceptors (Lipinski definition) is 0. The van der Waals surface area contributed by atoms with Crippen molar-refractivity contribution in [3.63, 3.8) is 0 Å². The van der Waals surface area contributed by atoms with Gasteiger partial charge in [-0.25, -0.2) is 0 Å². The topological polar surface area (TPSA) is 0 Å². The normalized spacial score (nSPS) is 25.3. The number of hydrogen-bond donors (Lipinski definition) is 0. The first-order chi connectivity index (χ1) is 7.02. The lowest BCUT2D eigenvalue weighted by atomic mass is 10.0. The fourth-order valence-corrected chi connectivity index (χ4v) is 2.05. The van der Waals surface area contributed by atoms with Crippen molar-refractivity contribution >= 4 is 0 Å². The van der Waals surface area contributed by atoms with Gasteiger partial charge in [0.1, 0.15) is 0 Å². The predicted molar refractivity (Wildman–Crippen MR) is 52.6 cm³/mol. The van der Waals surface area contributed by atoms with Crippen molar-refractivity contribution < 1.29 is 13.2 Å². The molecule has 0 unspecified atom stereocenters. The Kier molecular flexibility index (Phi) is 2.49. The molecule has 1 saturated carbocycles. The Morgan fingerprint density at radius 2 is 2.07 bits per heavy atom. The average Bonchev–Trinajstić information content (AvgIpc) is 2.95. The summed E-state index contributed by atoms with van der Waals surface area (Å²) in [6, 6.07) is 5.73. The standard InChI is InChI=1S/C12H13F3/c1-2-8-7-11(8)9-4-3-5-10(6-9)12(13,14)15/h3-6,8,11H,2,7H2,1H3/t8-,11-/m1/s1. The Morgan fingerprint density at radius 1 is 1.33 bits per heavy atom. The maximum atomic E-state index is 12.4. The van der Waals surface area contributed by atoms with E-state index in [0.29, 0.717) is 11.8 Å². The van der Waals surface area contributed by atoms with E-state index in [1.807, 2.05) is 0 Å². The van der Waals surface area contributed by atoms with E-state index in [4.69, 9.17) is 0 Å². The molecule has 0 bridgehead atoms. The van der Waals surface area contributed by atoms with Crippen LogP contribution in [0.25, 0.3) is 0 Å². The summed E-state index contributed by atoms with van der Waals surface area (Å²) in [6.45, 7) is 2.08. The molecule has 0 heterocycles. The predicted octanol–water partition coefficient (Wildman–Crippen LogP) is 4.22. The zero-order valence-corrected chi connectivity index (χ0v) is 8.51. The molecule has 1 aromatic carbocycles. The van der Waals surface area contributed by atoms with Crippen LogP contribution in [-0.4, -0.2) is 0 Å². The summed E-state index contributed by atoms with van der Waals surface area (Å²) in [6.07, 6.45) is -2.12. The highest BCUT2D eigenvalue weighted by molar-refractivity contribution is 5.31. The Bertz CT molecular complexity index is 354. The van der Waals surface area contributed by atoms with Crippen LogP contribution in [0.5, 0.6) is 0 Å². The second-order valence-electron chi connectivity index (χ2n) is 4.13. The molecule has 0 spiro atoms. The summed E-state index contributed by atoms with van der Waals surface area (Å²) in [4.78, 5) is 0. The molecular weight excluding hydrogens is 201 g/mol. The second-order valence-corrected chi connectivity index (χ2v) is 4.13. The summed E-state index contributed by atoms with van der Waals surface area (Å²) in [5, 5.41) is 0. The number of halogens is 3. The van der Waals surface area contributed by atoms with E-state index >= 15 is 0 Å². The van der Waals surface area contributed by atoms with E-state index in [9.17, 15) is 13.2 Å². The Morgan fingerprint density at radius 3 is 2.60 bits per heavy atom. The minimum Gasteiger partial charge on any atom is -0.166 e. The van der Waals surface area contributed by atoms with Gasteiger partial charge in [-0.1, -0.05) is 31.5 Å². The molecule has 0 amide bonds. The molecule has 1 aliphatic carbocycles. The van der Waals surface area contributed by atoms with E-state index in [2.05, 4.69) is 6.92 Å². The molecule has 1 fully saturated rings. The van der Waals surface area contributed by atoms with Crippen LogP contribution in [0, 0.1) is 5.92 Å². The molecule has 0 nitrogen and oxygen atoms in total. The lowest BCUT2D eigenvalue weighted by Crippen LogP contribution is -2.05. The van der Waals surface area contributed by atoms with Crippen molar-refractivity contribution in [1.82, 2.24) is 0 Å². The van der Waals surface area contributed by atoms with Gasteiger partial charge in [-0.2, -0.15) is 13.2 Å². The Hall–Kier alpha value is -0.990. The van der Waals surface area contributed by atoms with E-state index in [0.717, 1.165) is 24.5 Å². The summed E-state index contributed by atoms with van der Waals surface area (Å²) in [5.74, 6) is 0.950. The van der Waals surface area contributed by atoms with Crippen LogP contribution in [0.15, 0.2) is 24.3 Å². The first-order valence-corrected chi connectivity index (χ1v) is 5.19. The van der Waals surface area contributed by atoms with Gasteiger partial charge in [-0.15, -0.1) is 0 Å². The molecule has 2 atom stereocenters. The third-order valence-electron chi connectivity index (χ3n) is 3.09. The highest BCUT2D eigenvalue weighted by atomic mass is 19.4. The molecule has 0 saturated heterocycles. The molecule has 0 N–H and O–H groups in total. The van der Waals surface area contributed by atoms with E-state index < -0.39 is 11.7 Å². The average molecular weight is 214 g/mol. The maximum Gasteiger partial charge on any atom is 0.416 e. The molecule has 1 aliphatic rings. The first kappa shape index (κ1) is 10.5. The van der Waals surface area contributed by atoms with E-state index in [1.165, 1.54) is 12.1 Å². The highest BCUT2D eigenvalue weighted by Crippen LogP contribution is 2.49. The van der Waals surface area contributed by atoms with Gasteiger partial charge in [0.15, 0.2) is 0 Å². The van der Waals surface area contributed by atoms with Gasteiger partial charge in [0.25, 0.3) is 0 Å². The highest BCUT2D eigenvalue weighted by Gasteiger charge is 2.38. The summed E-state index contributed by atoms with van der Waals surface area (Å²) < 4.78 is 37.3. The largest absolute Gasteiger partial charge is 0.416 e. The van der Waals surface area contributed by atoms with Crippen molar-refractivity contribution in [2.24, 2.45) is 5.92 Å². The van der Waals surface area contributed by atoms with Gasteiger partial charge in [0, 0.05) is 0 Å². The van der Waals surface area contributed by atoms with Crippen molar-refractivity contribution in [3.05, 3.63) is 35.4 Å². The molecule has 2 rings (SSSR count). The third-order valence-corrected chi connectivity index (χ3v) is 3.09. The number of alkyl halides is 3. The van der Waals surface area contributed by atoms with Gasteiger partial charge in [0.2, 0.25) is 0 Å². The van der Waals surface area contributed by atoms with Gasteiger partial charge in [0.05, 0.1) is 5.56 Å². The molecule has 0 aliphatic heterocycles. The van der Waals surface area contributed by atoms with Gasteiger partial charge in [-0.05, 0) is 29.9 Å². The minimum absolute atomic E-state index is 0.359. The van der Waals surface area contributed by atoms with Crippen LogP contribution in [-0.2, 0) is 6.18 Å². The quantitative estimate of drug-likeness (QED) is 0.691. The molecule has 0 aromatic heterocycles. The molecule has 15 heavy (non-hydrogen) atoms. The fraction of sp³-hybridized carbons (Fsp3) is 0.500. The summed E-state index contributed by atoms with van der Waals surface area (Å²) in [5.41, 5.74) is 0.318. The lowest BCUT2D eigenvalue weighted by Gasteiger charge is -2.08. The smallest absolute Gasteiger partial charge is 0.166 e. The van der Waals surface area contributed by atoms with Crippen LogP contribution in [0.4, 0.5) is 13.2 Å². The van der Waals surface area contributed by atoms with Crippen molar-refractivity contribution in [2.45, 2.75) is 31.9 Å². The van der Waals surface area contributed by atoms with Gasteiger partial charge < -0.3 is 0 Å². The maximum absolute atomic E-state index is 12.4. The fourth-order valence-electron chi connectivity index (χ4n) is 2.05. The van der Waals surface area contributed by atoms with Crippen LogP contribution >= 0.6 is 0 Å². The number of benzene rings is 1. The lowest BCUT2D eigenvalue weighted by molar-refractivity contribution is -0.137. The minimum atomic E-state index is -4.22. The van der Waals surface area contributed by atoms with Gasteiger partial charge >= 0.3 is 6.18 Å².